The number of nitrogens with zero attached hydrogens (tertiary/aromatic N) is 1. The van der Waals surface area contributed by atoms with Gasteiger partial charge in [0.05, 0.1) is 6.07 Å². The number of nitriles is 1. The van der Waals surface area contributed by atoms with Crippen LogP contribution in [-0.2, 0) is 4.57 Å². The lowest BCUT2D eigenvalue weighted by Crippen LogP contribution is -2.06. The third kappa shape index (κ3) is 2.58. The van der Waals surface area contributed by atoms with Crippen molar-refractivity contribution in [2.45, 2.75) is 0 Å². The molecule has 0 atom stereocenters. The summed E-state index contributed by atoms with van der Waals surface area (Å²) in [7, 11) is -2.26. The van der Waals surface area contributed by atoms with Crippen molar-refractivity contribution in [3.63, 3.8) is 0 Å². The predicted octanol–water partition coefficient (Wildman–Crippen LogP) is 2.47. The van der Waals surface area contributed by atoms with Crippen LogP contribution in [0.1, 0.15) is 5.56 Å². The first-order chi connectivity index (χ1) is 6.55. The van der Waals surface area contributed by atoms with E-state index < -0.39 is 7.14 Å². The standard InChI is InChI=1S/C11H12NOP/c1-14(2,13)11-8-4-3-6-10(11)7-5-9-12/h3-8H,1-2H3/b7-5+. The van der Waals surface area contributed by atoms with E-state index in [1.165, 1.54) is 6.08 Å². The summed E-state index contributed by atoms with van der Waals surface area (Å²) in [5.74, 6) is 0. The monoisotopic (exact) mass is 205 g/mol. The van der Waals surface area contributed by atoms with E-state index in [2.05, 4.69) is 0 Å². The van der Waals surface area contributed by atoms with Gasteiger partial charge in [0.2, 0.25) is 0 Å². The Balaban J connectivity index is 3.25. The third-order valence-corrected chi connectivity index (χ3v) is 3.42. The summed E-state index contributed by atoms with van der Waals surface area (Å²) >= 11 is 0. The van der Waals surface area contributed by atoms with Crippen molar-refractivity contribution in [1.82, 2.24) is 0 Å². The molecule has 0 spiro atoms. The van der Waals surface area contributed by atoms with Gasteiger partial charge < -0.3 is 4.57 Å². The molecule has 0 N–H and O–H groups in total. The van der Waals surface area contributed by atoms with E-state index in [0.29, 0.717) is 0 Å². The number of rotatable bonds is 2. The lowest BCUT2D eigenvalue weighted by molar-refractivity contribution is 0.588. The van der Waals surface area contributed by atoms with Crippen LogP contribution >= 0.6 is 7.14 Å². The SMILES string of the molecule is CP(C)(=O)c1ccccc1/C=C/C#N. The zero-order chi connectivity index (χ0) is 10.6. The second kappa shape index (κ2) is 4.26. The molecular formula is C11H12NOP. The molecular weight excluding hydrogens is 193 g/mol. The molecule has 0 fully saturated rings. The molecule has 0 aliphatic rings. The highest BCUT2D eigenvalue weighted by Gasteiger charge is 2.13. The summed E-state index contributed by atoms with van der Waals surface area (Å²) in [6.07, 6.45) is 3.09. The molecule has 2 nitrogen and oxygen atoms in total. The Bertz CT molecular complexity index is 437. The van der Waals surface area contributed by atoms with Crippen LogP contribution in [0.25, 0.3) is 6.08 Å². The van der Waals surface area contributed by atoms with Crippen molar-refractivity contribution in [3.8, 4) is 6.07 Å². The maximum Gasteiger partial charge on any atom is 0.110 e. The van der Waals surface area contributed by atoms with Gasteiger partial charge in [0, 0.05) is 11.4 Å². The minimum atomic E-state index is -2.26. The van der Waals surface area contributed by atoms with Crippen molar-refractivity contribution in [2.24, 2.45) is 0 Å². The Morgan fingerprint density at radius 1 is 1.36 bits per heavy atom. The highest BCUT2D eigenvalue weighted by molar-refractivity contribution is 7.70. The second-order valence-electron chi connectivity index (χ2n) is 3.37. The van der Waals surface area contributed by atoms with Crippen LogP contribution in [0.2, 0.25) is 0 Å². The smallest absolute Gasteiger partial charge is 0.110 e. The van der Waals surface area contributed by atoms with Crippen LogP contribution in [0.15, 0.2) is 30.3 Å². The van der Waals surface area contributed by atoms with Crippen molar-refractivity contribution in [1.29, 1.82) is 5.26 Å². The third-order valence-electron chi connectivity index (χ3n) is 1.85. The number of benzene rings is 1. The molecule has 0 radical (unpaired) electrons. The van der Waals surface area contributed by atoms with Crippen LogP contribution in [0.3, 0.4) is 0 Å². The average Bonchev–Trinajstić information content (AvgIpc) is 2.14. The molecule has 0 bridgehead atoms. The van der Waals surface area contributed by atoms with E-state index in [9.17, 15) is 4.57 Å². The molecule has 3 heteroatoms. The van der Waals surface area contributed by atoms with Crippen LogP contribution in [0, 0.1) is 11.3 Å². The van der Waals surface area contributed by atoms with Gasteiger partial charge in [0.1, 0.15) is 7.14 Å². The normalized spacial score (nSPS) is 11.5. The molecule has 0 amide bonds. The minimum absolute atomic E-state index is 0.825. The van der Waals surface area contributed by atoms with Gasteiger partial charge >= 0.3 is 0 Å². The summed E-state index contributed by atoms with van der Waals surface area (Å²) in [6, 6.07) is 9.36. The van der Waals surface area contributed by atoms with Gasteiger partial charge in [-0.25, -0.2) is 0 Å². The molecule has 0 unspecified atom stereocenters. The zero-order valence-corrected chi connectivity index (χ0v) is 9.16. The van der Waals surface area contributed by atoms with E-state index in [4.69, 9.17) is 5.26 Å². The topological polar surface area (TPSA) is 40.9 Å². The van der Waals surface area contributed by atoms with Gasteiger partial charge in [-0.1, -0.05) is 24.3 Å². The Labute approximate surface area is 84.2 Å². The molecule has 1 aromatic rings. The van der Waals surface area contributed by atoms with Crippen LogP contribution < -0.4 is 5.30 Å². The highest BCUT2D eigenvalue weighted by Crippen LogP contribution is 2.36. The van der Waals surface area contributed by atoms with Crippen LogP contribution in [-0.4, -0.2) is 13.3 Å². The van der Waals surface area contributed by atoms with Gasteiger partial charge in [0.15, 0.2) is 0 Å². The van der Waals surface area contributed by atoms with E-state index in [0.717, 1.165) is 10.9 Å². The van der Waals surface area contributed by atoms with Crippen molar-refractivity contribution < 1.29 is 4.57 Å². The fourth-order valence-electron chi connectivity index (χ4n) is 1.25. The molecule has 0 aromatic heterocycles. The Morgan fingerprint density at radius 2 is 2.00 bits per heavy atom. The Hall–Kier alpha value is -1.32. The molecule has 1 aromatic carbocycles. The van der Waals surface area contributed by atoms with Gasteiger partial charge in [-0.2, -0.15) is 5.26 Å². The van der Waals surface area contributed by atoms with E-state index in [1.54, 1.807) is 19.4 Å². The van der Waals surface area contributed by atoms with Crippen molar-refractivity contribution >= 4 is 18.5 Å². The number of allylic oxidation sites excluding steroid dienone is 1. The van der Waals surface area contributed by atoms with Gasteiger partial charge in [-0.05, 0) is 25.0 Å². The summed E-state index contributed by atoms with van der Waals surface area (Å²) in [6.45, 7) is 3.46. The lowest BCUT2D eigenvalue weighted by Gasteiger charge is -2.09. The fraction of sp³-hybridized carbons (Fsp3) is 0.182. The first-order valence-corrected chi connectivity index (χ1v) is 6.86. The maximum absolute atomic E-state index is 11.9. The highest BCUT2D eigenvalue weighted by atomic mass is 31.2. The Kier molecular flexibility index (Phi) is 3.28. The maximum atomic E-state index is 11.9. The molecule has 0 aliphatic heterocycles. The van der Waals surface area contributed by atoms with Gasteiger partial charge in [-0.3, -0.25) is 0 Å². The molecule has 14 heavy (non-hydrogen) atoms. The Morgan fingerprint density at radius 3 is 2.57 bits per heavy atom. The number of hydrogen-bond donors (Lipinski definition) is 0. The molecule has 0 heterocycles. The van der Waals surface area contributed by atoms with E-state index in [1.807, 2.05) is 30.3 Å². The van der Waals surface area contributed by atoms with Crippen LogP contribution in [0.4, 0.5) is 0 Å². The average molecular weight is 205 g/mol. The van der Waals surface area contributed by atoms with Gasteiger partial charge in [-0.15, -0.1) is 0 Å². The summed E-state index contributed by atoms with van der Waals surface area (Å²) in [4.78, 5) is 0. The molecule has 0 saturated carbocycles. The van der Waals surface area contributed by atoms with Gasteiger partial charge in [0.25, 0.3) is 0 Å². The molecule has 72 valence electrons. The van der Waals surface area contributed by atoms with Crippen LogP contribution in [0.5, 0.6) is 0 Å². The van der Waals surface area contributed by atoms with E-state index >= 15 is 0 Å². The molecule has 0 aliphatic carbocycles. The summed E-state index contributed by atoms with van der Waals surface area (Å²) < 4.78 is 11.9. The molecule has 0 saturated heterocycles. The number of hydrogen-bond acceptors (Lipinski definition) is 2. The predicted molar refractivity (Wildman–Crippen MR) is 60.2 cm³/mol. The largest absolute Gasteiger partial charge is 0.319 e. The van der Waals surface area contributed by atoms with Crippen molar-refractivity contribution in [3.05, 3.63) is 35.9 Å². The summed E-state index contributed by atoms with van der Waals surface area (Å²) in [5, 5.41) is 9.24. The quantitative estimate of drug-likeness (QED) is 0.549. The molecule has 1 rings (SSSR count). The fourth-order valence-corrected chi connectivity index (χ4v) is 2.46. The first kappa shape index (κ1) is 10.8. The zero-order valence-electron chi connectivity index (χ0n) is 8.27. The first-order valence-electron chi connectivity index (χ1n) is 4.26. The summed E-state index contributed by atoms with van der Waals surface area (Å²) in [5.41, 5.74) is 0.863. The lowest BCUT2D eigenvalue weighted by atomic mass is 10.2. The minimum Gasteiger partial charge on any atom is -0.319 e. The van der Waals surface area contributed by atoms with Crippen molar-refractivity contribution in [2.75, 3.05) is 13.3 Å². The van der Waals surface area contributed by atoms with E-state index in [-0.39, 0.29) is 0 Å². The second-order valence-corrected chi connectivity index (χ2v) is 6.56.